The van der Waals surface area contributed by atoms with E-state index in [1.54, 1.807) is 13.8 Å². The lowest BCUT2D eigenvalue weighted by atomic mass is 9.67. The van der Waals surface area contributed by atoms with E-state index in [2.05, 4.69) is 0 Å². The van der Waals surface area contributed by atoms with Crippen LogP contribution in [0.5, 0.6) is 0 Å². The summed E-state index contributed by atoms with van der Waals surface area (Å²) >= 11 is 0. The molecule has 0 bridgehead atoms. The zero-order valence-corrected chi connectivity index (χ0v) is 12.4. The number of carbonyl (C=O) groups is 2. The summed E-state index contributed by atoms with van der Waals surface area (Å²) in [6.45, 7) is 4.08. The van der Waals surface area contributed by atoms with Crippen LogP contribution < -0.4 is 0 Å². The van der Waals surface area contributed by atoms with Gasteiger partial charge in [-0.1, -0.05) is 12.8 Å². The average Bonchev–Trinajstić information content (AvgIpc) is 2.25. The van der Waals surface area contributed by atoms with Gasteiger partial charge in [-0.05, 0) is 56.9 Å². The maximum atomic E-state index is 12.2. The maximum absolute atomic E-state index is 12.2. The summed E-state index contributed by atoms with van der Waals surface area (Å²) in [6, 6.07) is 0. The summed E-state index contributed by atoms with van der Waals surface area (Å²) in [6.07, 6.45) is 6.67. The van der Waals surface area contributed by atoms with E-state index in [0.29, 0.717) is 11.8 Å². The van der Waals surface area contributed by atoms with Crippen LogP contribution in [0.4, 0.5) is 0 Å². The van der Waals surface area contributed by atoms with Crippen molar-refractivity contribution in [1.82, 2.24) is 0 Å². The van der Waals surface area contributed by atoms with Crippen LogP contribution in [0.25, 0.3) is 0 Å². The molecule has 20 heavy (non-hydrogen) atoms. The molecule has 112 valence electrons. The molecule has 2 rings (SSSR count). The number of esters is 2. The summed E-state index contributed by atoms with van der Waals surface area (Å²) < 4.78 is 10.2. The second-order valence-corrected chi connectivity index (χ2v) is 5.53. The van der Waals surface area contributed by atoms with Gasteiger partial charge in [0.15, 0.2) is 0 Å². The summed E-state index contributed by atoms with van der Waals surface area (Å²) in [7, 11) is 0. The second-order valence-electron chi connectivity index (χ2n) is 5.53. The van der Waals surface area contributed by atoms with E-state index < -0.39 is 11.9 Å². The number of hydrogen-bond donors (Lipinski definition) is 0. The summed E-state index contributed by atoms with van der Waals surface area (Å²) in [5, 5.41) is 0. The van der Waals surface area contributed by atoms with Gasteiger partial charge in [-0.15, -0.1) is 0 Å². The molecule has 0 aliphatic heterocycles. The first kappa shape index (κ1) is 15.1. The topological polar surface area (TPSA) is 52.6 Å². The molecular formula is C16H24O4. The minimum Gasteiger partial charge on any atom is -0.462 e. The molecule has 0 unspecified atom stereocenters. The van der Waals surface area contributed by atoms with Crippen molar-refractivity contribution in [2.75, 3.05) is 13.2 Å². The number of allylic oxidation sites excluding steroid dienone is 1. The van der Waals surface area contributed by atoms with E-state index in [-0.39, 0.29) is 18.8 Å². The zero-order valence-electron chi connectivity index (χ0n) is 12.4. The Kier molecular flexibility index (Phi) is 5.21. The Morgan fingerprint density at radius 3 is 1.50 bits per heavy atom. The van der Waals surface area contributed by atoms with Crippen molar-refractivity contribution in [1.29, 1.82) is 0 Å². The van der Waals surface area contributed by atoms with Crippen LogP contribution in [-0.4, -0.2) is 25.2 Å². The SMILES string of the molecule is CCOC(=O)C(C(=O)OCC)=C(C1CCC1)C1CCC1. The third-order valence-corrected chi connectivity index (χ3v) is 4.34. The Balaban J connectivity index is 2.33. The van der Waals surface area contributed by atoms with Crippen LogP contribution >= 0.6 is 0 Å². The van der Waals surface area contributed by atoms with E-state index in [0.717, 1.165) is 31.3 Å². The maximum Gasteiger partial charge on any atom is 0.345 e. The monoisotopic (exact) mass is 280 g/mol. The van der Waals surface area contributed by atoms with E-state index in [4.69, 9.17) is 9.47 Å². The molecule has 0 N–H and O–H groups in total. The minimum atomic E-state index is -0.500. The normalized spacial score (nSPS) is 18.7. The molecule has 0 saturated heterocycles. The van der Waals surface area contributed by atoms with Gasteiger partial charge in [-0.25, -0.2) is 9.59 Å². The fourth-order valence-electron chi connectivity index (χ4n) is 2.91. The molecule has 0 aromatic carbocycles. The van der Waals surface area contributed by atoms with Gasteiger partial charge in [0.1, 0.15) is 5.57 Å². The largest absolute Gasteiger partial charge is 0.462 e. The molecule has 0 amide bonds. The Bertz CT molecular complexity index is 367. The van der Waals surface area contributed by atoms with Crippen LogP contribution in [0.2, 0.25) is 0 Å². The molecule has 0 radical (unpaired) electrons. The van der Waals surface area contributed by atoms with E-state index >= 15 is 0 Å². The van der Waals surface area contributed by atoms with Crippen molar-refractivity contribution in [3.05, 3.63) is 11.1 Å². The van der Waals surface area contributed by atoms with Crippen molar-refractivity contribution in [2.24, 2.45) is 11.8 Å². The minimum absolute atomic E-state index is 0.197. The highest BCUT2D eigenvalue weighted by molar-refractivity contribution is 6.15. The highest BCUT2D eigenvalue weighted by atomic mass is 16.6. The van der Waals surface area contributed by atoms with E-state index in [1.165, 1.54) is 12.8 Å². The Morgan fingerprint density at radius 1 is 0.850 bits per heavy atom. The van der Waals surface area contributed by atoms with Gasteiger partial charge >= 0.3 is 11.9 Å². The molecule has 2 aliphatic carbocycles. The molecule has 0 spiro atoms. The average molecular weight is 280 g/mol. The molecule has 2 fully saturated rings. The van der Waals surface area contributed by atoms with Gasteiger partial charge in [-0.3, -0.25) is 0 Å². The zero-order chi connectivity index (χ0) is 14.5. The summed E-state index contributed by atoms with van der Waals surface area (Å²) in [4.78, 5) is 24.4. The first-order valence-corrected chi connectivity index (χ1v) is 7.77. The molecule has 2 saturated carbocycles. The molecule has 4 heteroatoms. The highest BCUT2D eigenvalue weighted by Crippen LogP contribution is 2.45. The quantitative estimate of drug-likeness (QED) is 0.325. The van der Waals surface area contributed by atoms with Crippen LogP contribution in [0.1, 0.15) is 52.4 Å². The molecule has 2 aliphatic rings. The summed E-state index contributed by atoms with van der Waals surface area (Å²) in [5.41, 5.74) is 1.22. The van der Waals surface area contributed by atoms with Crippen LogP contribution in [0.3, 0.4) is 0 Å². The van der Waals surface area contributed by atoms with Gasteiger partial charge in [0.05, 0.1) is 13.2 Å². The van der Waals surface area contributed by atoms with Crippen molar-refractivity contribution >= 4 is 11.9 Å². The molecule has 4 nitrogen and oxygen atoms in total. The lowest BCUT2D eigenvalue weighted by Gasteiger charge is -2.38. The number of ether oxygens (including phenoxy) is 2. The Hall–Kier alpha value is -1.32. The smallest absolute Gasteiger partial charge is 0.345 e. The number of carbonyl (C=O) groups excluding carboxylic acids is 2. The highest BCUT2D eigenvalue weighted by Gasteiger charge is 2.38. The van der Waals surface area contributed by atoms with Crippen LogP contribution in [0, 0.1) is 11.8 Å². The second kappa shape index (κ2) is 6.91. The van der Waals surface area contributed by atoms with Gasteiger partial charge in [-0.2, -0.15) is 0 Å². The van der Waals surface area contributed by atoms with Gasteiger partial charge in [0, 0.05) is 0 Å². The fraction of sp³-hybridized carbons (Fsp3) is 0.750. The first-order chi connectivity index (χ1) is 9.69. The summed E-state index contributed by atoms with van der Waals surface area (Å²) in [5.74, 6) is -0.243. The Labute approximate surface area is 120 Å². The van der Waals surface area contributed by atoms with E-state index in [9.17, 15) is 9.59 Å². The molecule has 0 atom stereocenters. The van der Waals surface area contributed by atoms with E-state index in [1.807, 2.05) is 0 Å². The van der Waals surface area contributed by atoms with Crippen molar-refractivity contribution < 1.29 is 19.1 Å². The predicted octanol–water partition coefficient (Wildman–Crippen LogP) is 3.01. The lowest BCUT2D eigenvalue weighted by molar-refractivity contribution is -0.146. The van der Waals surface area contributed by atoms with Crippen molar-refractivity contribution in [2.45, 2.75) is 52.4 Å². The standard InChI is InChI=1S/C16H24O4/c1-3-19-15(17)14(16(18)20-4-2)13(11-7-5-8-11)12-9-6-10-12/h11-12H,3-10H2,1-2H3. The van der Waals surface area contributed by atoms with Gasteiger partial charge < -0.3 is 9.47 Å². The molecule has 0 heterocycles. The number of rotatable bonds is 6. The molecule has 0 aromatic rings. The lowest BCUT2D eigenvalue weighted by Crippen LogP contribution is -2.31. The Morgan fingerprint density at radius 2 is 1.25 bits per heavy atom. The predicted molar refractivity (Wildman–Crippen MR) is 75.0 cm³/mol. The van der Waals surface area contributed by atoms with Crippen molar-refractivity contribution in [3.8, 4) is 0 Å². The van der Waals surface area contributed by atoms with Crippen LogP contribution in [0.15, 0.2) is 11.1 Å². The molecule has 0 aromatic heterocycles. The number of hydrogen-bond acceptors (Lipinski definition) is 4. The third kappa shape index (κ3) is 3.05. The molecular weight excluding hydrogens is 256 g/mol. The fourth-order valence-corrected chi connectivity index (χ4v) is 2.91. The first-order valence-electron chi connectivity index (χ1n) is 7.77. The van der Waals surface area contributed by atoms with Crippen molar-refractivity contribution in [3.63, 3.8) is 0 Å². The van der Waals surface area contributed by atoms with Crippen LogP contribution in [-0.2, 0) is 19.1 Å². The third-order valence-electron chi connectivity index (χ3n) is 4.34. The van der Waals surface area contributed by atoms with Gasteiger partial charge in [0.2, 0.25) is 0 Å². The van der Waals surface area contributed by atoms with Gasteiger partial charge in [0.25, 0.3) is 0 Å².